The molecule has 0 saturated carbocycles. The Morgan fingerprint density at radius 1 is 1.43 bits per heavy atom. The highest BCUT2D eigenvalue weighted by Crippen LogP contribution is 2.28. The average Bonchev–Trinajstić information content (AvgIpc) is 2.87. The van der Waals surface area contributed by atoms with Gasteiger partial charge in [0.1, 0.15) is 12.4 Å². The topological polar surface area (TPSA) is 81.5 Å². The molecule has 110 valence electrons. The largest absolute Gasteiger partial charge is 0.487 e. The predicted octanol–water partition coefficient (Wildman–Crippen LogP) is 3.50. The zero-order chi connectivity index (χ0) is 15.4. The van der Waals surface area contributed by atoms with E-state index in [1.54, 1.807) is 11.4 Å². The summed E-state index contributed by atoms with van der Waals surface area (Å²) in [6.45, 7) is 3.55. The minimum Gasteiger partial charge on any atom is -0.487 e. The van der Waals surface area contributed by atoms with Gasteiger partial charge in [0.25, 0.3) is 0 Å². The summed E-state index contributed by atoms with van der Waals surface area (Å²) in [7, 11) is 0. The number of nitrogens with one attached hydrogen (secondary N) is 1. The molecule has 0 fully saturated rings. The van der Waals surface area contributed by atoms with Crippen LogP contribution in [0.15, 0.2) is 29.6 Å². The van der Waals surface area contributed by atoms with Gasteiger partial charge < -0.3 is 10.1 Å². The fourth-order valence-electron chi connectivity index (χ4n) is 1.74. The van der Waals surface area contributed by atoms with Gasteiger partial charge in [-0.3, -0.25) is 14.9 Å². The number of nitro groups is 1. The van der Waals surface area contributed by atoms with E-state index in [2.05, 4.69) is 5.32 Å². The third-order valence-corrected chi connectivity index (χ3v) is 3.59. The quantitative estimate of drug-likeness (QED) is 0.677. The lowest BCUT2D eigenvalue weighted by atomic mass is 10.2. The number of benzene rings is 1. The molecule has 0 saturated heterocycles. The molecule has 0 aliphatic carbocycles. The van der Waals surface area contributed by atoms with Crippen molar-refractivity contribution in [2.24, 2.45) is 0 Å². The molecule has 6 nitrogen and oxygen atoms in total. The zero-order valence-corrected chi connectivity index (χ0v) is 12.4. The number of rotatable bonds is 5. The van der Waals surface area contributed by atoms with E-state index in [0.29, 0.717) is 11.4 Å². The van der Waals surface area contributed by atoms with Crippen LogP contribution in [0.1, 0.15) is 18.1 Å². The van der Waals surface area contributed by atoms with Crippen LogP contribution in [-0.4, -0.2) is 10.8 Å². The number of nitrogens with zero attached hydrogens (tertiary/aromatic N) is 1. The van der Waals surface area contributed by atoms with E-state index in [9.17, 15) is 14.9 Å². The summed E-state index contributed by atoms with van der Waals surface area (Å²) in [5.41, 5.74) is 2.30. The van der Waals surface area contributed by atoms with E-state index in [0.717, 1.165) is 22.5 Å². The SMILES string of the molecule is CC(=O)Nc1ccc(C)cc1OCc1csc([N+](=O)[O-])c1. The van der Waals surface area contributed by atoms with Crippen LogP contribution < -0.4 is 10.1 Å². The summed E-state index contributed by atoms with van der Waals surface area (Å²) in [6, 6.07) is 6.93. The van der Waals surface area contributed by atoms with E-state index in [-0.39, 0.29) is 17.5 Å². The fourth-order valence-corrected chi connectivity index (χ4v) is 2.45. The number of hydrogen-bond donors (Lipinski definition) is 1. The monoisotopic (exact) mass is 306 g/mol. The first-order valence-electron chi connectivity index (χ1n) is 6.18. The van der Waals surface area contributed by atoms with Crippen molar-refractivity contribution in [3.05, 3.63) is 50.9 Å². The van der Waals surface area contributed by atoms with E-state index >= 15 is 0 Å². The molecule has 0 radical (unpaired) electrons. The normalized spacial score (nSPS) is 10.2. The second-order valence-corrected chi connectivity index (χ2v) is 5.41. The number of thiophene rings is 1. The smallest absolute Gasteiger partial charge is 0.324 e. The lowest BCUT2D eigenvalue weighted by molar-refractivity contribution is -0.380. The number of carbonyl (C=O) groups excluding carboxylic acids is 1. The molecule has 0 unspecified atom stereocenters. The van der Waals surface area contributed by atoms with Gasteiger partial charge >= 0.3 is 5.00 Å². The van der Waals surface area contributed by atoms with Gasteiger partial charge in [0.05, 0.1) is 10.6 Å². The van der Waals surface area contributed by atoms with E-state index in [1.165, 1.54) is 13.0 Å². The Balaban J connectivity index is 2.12. The standard InChI is InChI=1S/C14H14N2O4S/c1-9-3-4-12(15-10(2)17)13(5-9)20-7-11-6-14(16(18)19)21-8-11/h3-6,8H,7H2,1-2H3,(H,15,17). The number of hydrogen-bond acceptors (Lipinski definition) is 5. The summed E-state index contributed by atoms with van der Waals surface area (Å²) >= 11 is 1.06. The Labute approximate surface area is 125 Å². The first-order valence-corrected chi connectivity index (χ1v) is 7.06. The maximum absolute atomic E-state index is 11.2. The van der Waals surface area contributed by atoms with Gasteiger partial charge in [-0.05, 0) is 24.6 Å². The van der Waals surface area contributed by atoms with E-state index in [4.69, 9.17) is 4.74 Å². The van der Waals surface area contributed by atoms with Crippen molar-refractivity contribution < 1.29 is 14.5 Å². The molecule has 0 bridgehead atoms. The van der Waals surface area contributed by atoms with Crippen LogP contribution in [0.3, 0.4) is 0 Å². The summed E-state index contributed by atoms with van der Waals surface area (Å²) in [4.78, 5) is 21.4. The third kappa shape index (κ3) is 4.03. The molecule has 0 spiro atoms. The van der Waals surface area contributed by atoms with Gasteiger partial charge in [0.2, 0.25) is 5.91 Å². The highest BCUT2D eigenvalue weighted by Gasteiger charge is 2.11. The van der Waals surface area contributed by atoms with Crippen LogP contribution in [0.25, 0.3) is 0 Å². The van der Waals surface area contributed by atoms with Gasteiger partial charge in [0.15, 0.2) is 0 Å². The predicted molar refractivity (Wildman–Crippen MR) is 80.8 cm³/mol. The summed E-state index contributed by atoms with van der Waals surface area (Å²) in [5, 5.41) is 15.1. The number of ether oxygens (including phenoxy) is 1. The van der Waals surface area contributed by atoms with Crippen LogP contribution in [0.5, 0.6) is 5.75 Å². The van der Waals surface area contributed by atoms with Crippen LogP contribution in [0.2, 0.25) is 0 Å². The molecular weight excluding hydrogens is 292 g/mol. The number of amides is 1. The molecule has 2 rings (SSSR count). The minimum atomic E-state index is -0.427. The van der Waals surface area contributed by atoms with Crippen LogP contribution in [0, 0.1) is 17.0 Å². The summed E-state index contributed by atoms with van der Waals surface area (Å²) in [5.74, 6) is 0.355. The highest BCUT2D eigenvalue weighted by atomic mass is 32.1. The molecule has 2 aromatic rings. The van der Waals surface area contributed by atoms with Crippen molar-refractivity contribution in [2.75, 3.05) is 5.32 Å². The van der Waals surface area contributed by atoms with Crippen LogP contribution >= 0.6 is 11.3 Å². The van der Waals surface area contributed by atoms with Crippen molar-refractivity contribution in [2.45, 2.75) is 20.5 Å². The Hall–Kier alpha value is -2.41. The van der Waals surface area contributed by atoms with Gasteiger partial charge in [-0.2, -0.15) is 0 Å². The van der Waals surface area contributed by atoms with Gasteiger partial charge in [-0.1, -0.05) is 17.4 Å². The number of aryl methyl sites for hydroxylation is 1. The fraction of sp³-hybridized carbons (Fsp3) is 0.214. The summed E-state index contributed by atoms with van der Waals surface area (Å²) < 4.78 is 5.67. The second-order valence-electron chi connectivity index (χ2n) is 4.52. The first kappa shape index (κ1) is 15.0. The average molecular weight is 306 g/mol. The lowest BCUT2D eigenvalue weighted by Gasteiger charge is -2.12. The maximum atomic E-state index is 11.2. The lowest BCUT2D eigenvalue weighted by Crippen LogP contribution is -2.08. The first-order chi connectivity index (χ1) is 9.95. The molecule has 1 heterocycles. The Morgan fingerprint density at radius 3 is 2.81 bits per heavy atom. The van der Waals surface area contributed by atoms with E-state index < -0.39 is 4.92 Å². The molecule has 7 heteroatoms. The molecule has 1 aromatic heterocycles. The van der Waals surface area contributed by atoms with Crippen molar-refractivity contribution in [1.29, 1.82) is 0 Å². The van der Waals surface area contributed by atoms with Crippen molar-refractivity contribution in [1.82, 2.24) is 0 Å². The molecule has 21 heavy (non-hydrogen) atoms. The molecule has 1 N–H and O–H groups in total. The second kappa shape index (κ2) is 6.36. The Bertz CT molecular complexity index is 681. The zero-order valence-electron chi connectivity index (χ0n) is 11.6. The van der Waals surface area contributed by atoms with Gasteiger partial charge in [-0.25, -0.2) is 0 Å². The van der Waals surface area contributed by atoms with Crippen LogP contribution in [0.4, 0.5) is 10.7 Å². The van der Waals surface area contributed by atoms with Crippen molar-refractivity contribution in [3.8, 4) is 5.75 Å². The molecule has 0 aliphatic rings. The minimum absolute atomic E-state index is 0.0833. The van der Waals surface area contributed by atoms with Crippen molar-refractivity contribution in [3.63, 3.8) is 0 Å². The van der Waals surface area contributed by atoms with Gasteiger partial charge in [-0.15, -0.1) is 0 Å². The molecular formula is C14H14N2O4S. The molecule has 1 aromatic carbocycles. The van der Waals surface area contributed by atoms with E-state index in [1.807, 2.05) is 19.1 Å². The summed E-state index contributed by atoms with van der Waals surface area (Å²) in [6.07, 6.45) is 0. The van der Waals surface area contributed by atoms with Crippen molar-refractivity contribution >= 4 is 27.9 Å². The molecule has 0 atom stereocenters. The maximum Gasteiger partial charge on any atom is 0.324 e. The third-order valence-electron chi connectivity index (χ3n) is 2.66. The molecule has 0 aliphatic heterocycles. The highest BCUT2D eigenvalue weighted by molar-refractivity contribution is 7.13. The Kier molecular flexibility index (Phi) is 4.54. The number of anilines is 1. The number of carbonyl (C=O) groups is 1. The van der Waals surface area contributed by atoms with Gasteiger partial charge in [0, 0.05) is 23.9 Å². The van der Waals surface area contributed by atoms with Crippen LogP contribution in [-0.2, 0) is 11.4 Å². The molecule has 1 amide bonds. The Morgan fingerprint density at radius 2 is 2.19 bits per heavy atom.